The van der Waals surface area contributed by atoms with Crippen LogP contribution >= 0.6 is 11.8 Å². The first-order valence-corrected chi connectivity index (χ1v) is 13.6. The number of carbonyl (C=O) groups is 5. The van der Waals surface area contributed by atoms with Crippen LogP contribution in [0.4, 0.5) is 0 Å². The lowest BCUT2D eigenvalue weighted by atomic mass is 9.98. The summed E-state index contributed by atoms with van der Waals surface area (Å²) >= 11 is 1.47. The zero-order valence-electron chi connectivity index (χ0n) is 21.6. The van der Waals surface area contributed by atoms with Gasteiger partial charge < -0.3 is 32.5 Å². The van der Waals surface area contributed by atoms with E-state index in [1.807, 2.05) is 36.6 Å². The molecule has 206 valence electrons. The van der Waals surface area contributed by atoms with E-state index in [1.165, 1.54) is 11.8 Å². The number of primary amides is 1. The predicted octanol–water partition coefficient (Wildman–Crippen LogP) is 0.160. The summed E-state index contributed by atoms with van der Waals surface area (Å²) in [5.41, 5.74) is 12.2. The Morgan fingerprint density at radius 3 is 2.05 bits per heavy atom. The van der Waals surface area contributed by atoms with Crippen LogP contribution in [0.15, 0.2) is 30.3 Å². The highest BCUT2D eigenvalue weighted by molar-refractivity contribution is 7.98. The van der Waals surface area contributed by atoms with Gasteiger partial charge in [0.1, 0.15) is 18.1 Å². The van der Waals surface area contributed by atoms with Gasteiger partial charge in [0.25, 0.3) is 0 Å². The highest BCUT2D eigenvalue weighted by atomic mass is 32.2. The molecular formula is C25H39N5O6S. The molecule has 0 radical (unpaired) electrons. The first-order chi connectivity index (χ1) is 17.5. The third-order valence-electron chi connectivity index (χ3n) is 5.97. The smallest absolute Gasteiger partial charge is 0.326 e. The predicted molar refractivity (Wildman–Crippen MR) is 142 cm³/mol. The number of carbonyl (C=O) groups excluding carboxylic acids is 4. The molecule has 37 heavy (non-hydrogen) atoms. The van der Waals surface area contributed by atoms with Crippen molar-refractivity contribution in [2.24, 2.45) is 17.4 Å². The summed E-state index contributed by atoms with van der Waals surface area (Å²) in [6.45, 7) is 3.48. The number of hydrogen-bond acceptors (Lipinski definition) is 7. The number of aliphatic carboxylic acids is 1. The summed E-state index contributed by atoms with van der Waals surface area (Å²) < 4.78 is 0. The molecule has 0 fully saturated rings. The van der Waals surface area contributed by atoms with Gasteiger partial charge in [0.05, 0.1) is 6.04 Å². The minimum absolute atomic E-state index is 0.129. The van der Waals surface area contributed by atoms with Gasteiger partial charge in [-0.15, -0.1) is 0 Å². The van der Waals surface area contributed by atoms with Crippen molar-refractivity contribution in [3.63, 3.8) is 0 Å². The summed E-state index contributed by atoms with van der Waals surface area (Å²) in [7, 11) is 0. The summed E-state index contributed by atoms with van der Waals surface area (Å²) in [6.07, 6.45) is 2.56. The van der Waals surface area contributed by atoms with Crippen molar-refractivity contribution < 1.29 is 29.1 Å². The Morgan fingerprint density at radius 2 is 1.51 bits per heavy atom. The minimum Gasteiger partial charge on any atom is -0.480 e. The fraction of sp³-hybridized carbons (Fsp3) is 0.560. The van der Waals surface area contributed by atoms with E-state index in [2.05, 4.69) is 16.0 Å². The molecule has 1 aromatic carbocycles. The van der Waals surface area contributed by atoms with Crippen LogP contribution in [0.25, 0.3) is 0 Å². The molecule has 12 heteroatoms. The van der Waals surface area contributed by atoms with E-state index in [1.54, 1.807) is 13.8 Å². The van der Waals surface area contributed by atoms with Crippen molar-refractivity contribution in [1.29, 1.82) is 0 Å². The van der Waals surface area contributed by atoms with Gasteiger partial charge in [-0.25, -0.2) is 4.79 Å². The maximum atomic E-state index is 13.1. The Hall–Kier alpha value is -3.12. The highest BCUT2D eigenvalue weighted by Crippen LogP contribution is 2.10. The van der Waals surface area contributed by atoms with Gasteiger partial charge in [0.2, 0.25) is 23.6 Å². The number of nitrogens with two attached hydrogens (primary N) is 2. The summed E-state index contributed by atoms with van der Waals surface area (Å²) in [4.78, 5) is 61.9. The van der Waals surface area contributed by atoms with Gasteiger partial charge in [-0.1, -0.05) is 50.6 Å². The summed E-state index contributed by atoms with van der Waals surface area (Å²) in [5.74, 6) is -3.63. The van der Waals surface area contributed by atoms with Crippen LogP contribution in [0.1, 0.15) is 45.1 Å². The van der Waals surface area contributed by atoms with Crippen molar-refractivity contribution in [1.82, 2.24) is 16.0 Å². The first kappa shape index (κ1) is 31.9. The minimum atomic E-state index is -1.22. The van der Waals surface area contributed by atoms with Crippen LogP contribution in [0, 0.1) is 5.92 Å². The molecule has 1 aromatic rings. The third kappa shape index (κ3) is 11.6. The van der Waals surface area contributed by atoms with Gasteiger partial charge in [-0.3, -0.25) is 19.2 Å². The topological polar surface area (TPSA) is 194 Å². The van der Waals surface area contributed by atoms with Crippen LogP contribution in [-0.2, 0) is 30.4 Å². The molecule has 0 saturated carbocycles. The van der Waals surface area contributed by atoms with E-state index in [-0.39, 0.29) is 31.6 Å². The van der Waals surface area contributed by atoms with Crippen LogP contribution in [-0.4, -0.2) is 70.9 Å². The van der Waals surface area contributed by atoms with Crippen LogP contribution in [0.5, 0.6) is 0 Å². The third-order valence-corrected chi connectivity index (χ3v) is 6.61. The van der Waals surface area contributed by atoms with E-state index in [0.717, 1.165) is 5.56 Å². The average molecular weight is 538 g/mol. The molecular weight excluding hydrogens is 498 g/mol. The maximum absolute atomic E-state index is 13.1. The number of carboxylic acid groups (broad SMARTS) is 1. The highest BCUT2D eigenvalue weighted by Gasteiger charge is 2.32. The second-order valence-electron chi connectivity index (χ2n) is 8.92. The number of carboxylic acids is 1. The lowest BCUT2D eigenvalue weighted by molar-refractivity contribution is -0.144. The fourth-order valence-electron chi connectivity index (χ4n) is 3.51. The monoisotopic (exact) mass is 537 g/mol. The number of rotatable bonds is 17. The molecule has 0 aliphatic carbocycles. The van der Waals surface area contributed by atoms with Crippen LogP contribution in [0.2, 0.25) is 0 Å². The number of benzene rings is 1. The molecule has 8 N–H and O–H groups in total. The molecule has 0 spiro atoms. The second-order valence-corrected chi connectivity index (χ2v) is 9.90. The Bertz CT molecular complexity index is 916. The summed E-state index contributed by atoms with van der Waals surface area (Å²) in [6, 6.07) is 4.93. The lowest BCUT2D eigenvalue weighted by Gasteiger charge is -2.26. The zero-order valence-corrected chi connectivity index (χ0v) is 22.4. The van der Waals surface area contributed by atoms with E-state index in [0.29, 0.717) is 12.2 Å². The number of amides is 4. The standard InChI is InChI=1S/C25H39N5O6S/c1-4-15(2)21(25(35)36)30-24(34)18(10-11-20(27)31)29-23(33)19(12-13-37-3)28-22(32)17(26)14-16-8-6-5-7-9-16/h5-9,15,17-19,21H,4,10-14,26H2,1-3H3,(H2,27,31)(H,28,32)(H,29,33)(H,30,34)(H,35,36). The number of nitrogens with one attached hydrogen (secondary N) is 3. The lowest BCUT2D eigenvalue weighted by Crippen LogP contribution is -2.58. The molecule has 0 bridgehead atoms. The number of hydrogen-bond donors (Lipinski definition) is 6. The Labute approximate surface area is 221 Å². The van der Waals surface area contributed by atoms with Gasteiger partial charge in [0, 0.05) is 6.42 Å². The molecule has 1 rings (SSSR count). The maximum Gasteiger partial charge on any atom is 0.326 e. The van der Waals surface area contributed by atoms with Crippen LogP contribution in [0.3, 0.4) is 0 Å². The molecule has 0 aromatic heterocycles. The molecule has 0 saturated heterocycles. The summed E-state index contributed by atoms with van der Waals surface area (Å²) in [5, 5.41) is 17.2. The average Bonchev–Trinajstić information content (AvgIpc) is 2.86. The Kier molecular flexibility index (Phi) is 14.3. The van der Waals surface area contributed by atoms with Crippen LogP contribution < -0.4 is 27.4 Å². The molecule has 0 aliphatic rings. The van der Waals surface area contributed by atoms with E-state index < -0.39 is 53.8 Å². The molecule has 0 heterocycles. The molecule has 0 aliphatic heterocycles. The molecule has 5 atom stereocenters. The normalized spacial score (nSPS) is 14.9. The number of thioether (sulfide) groups is 1. The first-order valence-electron chi connectivity index (χ1n) is 12.2. The quantitative estimate of drug-likeness (QED) is 0.162. The van der Waals surface area contributed by atoms with Gasteiger partial charge in [-0.2, -0.15) is 11.8 Å². The van der Waals surface area contributed by atoms with E-state index in [4.69, 9.17) is 11.5 Å². The van der Waals surface area contributed by atoms with Gasteiger partial charge in [-0.05, 0) is 42.8 Å². The van der Waals surface area contributed by atoms with Gasteiger partial charge >= 0.3 is 5.97 Å². The van der Waals surface area contributed by atoms with Crippen molar-refractivity contribution >= 4 is 41.4 Å². The second kappa shape index (κ2) is 16.6. The van der Waals surface area contributed by atoms with Crippen molar-refractivity contribution in [2.45, 2.75) is 70.1 Å². The molecule has 4 amide bonds. The zero-order chi connectivity index (χ0) is 28.0. The van der Waals surface area contributed by atoms with Crippen molar-refractivity contribution in [3.8, 4) is 0 Å². The Morgan fingerprint density at radius 1 is 0.946 bits per heavy atom. The molecule has 5 unspecified atom stereocenters. The van der Waals surface area contributed by atoms with E-state index in [9.17, 15) is 29.1 Å². The largest absolute Gasteiger partial charge is 0.480 e. The fourth-order valence-corrected chi connectivity index (χ4v) is 3.98. The van der Waals surface area contributed by atoms with Crippen molar-refractivity contribution in [2.75, 3.05) is 12.0 Å². The van der Waals surface area contributed by atoms with E-state index >= 15 is 0 Å². The SMILES string of the molecule is CCC(C)C(NC(=O)C(CCC(N)=O)NC(=O)C(CCSC)NC(=O)C(N)Cc1ccccc1)C(=O)O. The van der Waals surface area contributed by atoms with Crippen molar-refractivity contribution in [3.05, 3.63) is 35.9 Å². The molecule has 11 nitrogen and oxygen atoms in total. The van der Waals surface area contributed by atoms with Gasteiger partial charge in [0.15, 0.2) is 0 Å². The Balaban J connectivity index is 2.99.